The van der Waals surface area contributed by atoms with Gasteiger partial charge in [0.1, 0.15) is 4.83 Å². The number of hydrogen-bond acceptors (Lipinski definition) is 5. The molecule has 1 N–H and O–H groups in total. The lowest BCUT2D eigenvalue weighted by atomic mass is 9.97. The fourth-order valence-electron chi connectivity index (χ4n) is 4.46. The number of nitrogens with zero attached hydrogens (tertiary/aromatic N) is 2. The summed E-state index contributed by atoms with van der Waals surface area (Å²) >= 11 is 2.97. The molecule has 0 aliphatic heterocycles. The summed E-state index contributed by atoms with van der Waals surface area (Å²) in [6, 6.07) is 7.83. The van der Waals surface area contributed by atoms with Gasteiger partial charge >= 0.3 is 0 Å². The topological polar surface area (TPSA) is 67.8 Å². The van der Waals surface area contributed by atoms with Crippen molar-refractivity contribution < 1.29 is 4.79 Å². The van der Waals surface area contributed by atoms with E-state index in [2.05, 4.69) is 11.6 Å². The van der Waals surface area contributed by atoms with E-state index in [0.29, 0.717) is 17.3 Å². The number of rotatable bonds is 6. The number of fused-ring (bicyclic) bond motifs is 4. The number of aromatic nitrogens is 3. The van der Waals surface area contributed by atoms with Gasteiger partial charge in [0.15, 0.2) is 10.9 Å². The highest BCUT2D eigenvalue weighted by Gasteiger charge is 2.23. The van der Waals surface area contributed by atoms with E-state index in [4.69, 9.17) is 4.98 Å². The van der Waals surface area contributed by atoms with E-state index in [1.165, 1.54) is 28.6 Å². The maximum Gasteiger partial charge on any atom is 0.263 e. The van der Waals surface area contributed by atoms with Gasteiger partial charge < -0.3 is 4.98 Å². The van der Waals surface area contributed by atoms with Gasteiger partial charge in [-0.1, -0.05) is 36.0 Å². The van der Waals surface area contributed by atoms with Gasteiger partial charge in [-0.3, -0.25) is 14.2 Å². The number of carbonyl (C=O) groups excluding carboxylic acids is 1. The highest BCUT2D eigenvalue weighted by molar-refractivity contribution is 7.99. The molecule has 5 rings (SSSR count). The number of thiophene rings is 1. The largest absolute Gasteiger partial charge is 0.358 e. The van der Waals surface area contributed by atoms with Gasteiger partial charge in [0.25, 0.3) is 5.56 Å². The van der Waals surface area contributed by atoms with Gasteiger partial charge in [0.05, 0.1) is 11.1 Å². The third-order valence-electron chi connectivity index (χ3n) is 5.86. The molecule has 0 fully saturated rings. The monoisotopic (exact) mass is 449 g/mol. The average Bonchev–Trinajstić information content (AvgIpc) is 3.31. The van der Waals surface area contributed by atoms with Gasteiger partial charge in [-0.25, -0.2) is 4.98 Å². The second-order valence-corrected chi connectivity index (χ2v) is 9.90. The molecular weight excluding hydrogens is 426 g/mol. The first-order valence-corrected chi connectivity index (χ1v) is 12.3. The van der Waals surface area contributed by atoms with Crippen LogP contribution in [0.15, 0.2) is 46.9 Å². The van der Waals surface area contributed by atoms with Crippen LogP contribution >= 0.6 is 23.1 Å². The molecule has 0 saturated carbocycles. The summed E-state index contributed by atoms with van der Waals surface area (Å²) in [5.74, 6) is 0.257. The molecule has 0 radical (unpaired) electrons. The van der Waals surface area contributed by atoms with E-state index >= 15 is 0 Å². The molecule has 0 unspecified atom stereocenters. The fraction of sp³-hybridized carbons (Fsp3) is 0.292. The van der Waals surface area contributed by atoms with Crippen molar-refractivity contribution in [3.63, 3.8) is 0 Å². The molecule has 1 aliphatic rings. The predicted octanol–water partition coefficient (Wildman–Crippen LogP) is 5.29. The molecule has 1 aliphatic carbocycles. The number of benzene rings is 1. The zero-order chi connectivity index (χ0) is 21.5. The minimum atomic E-state index is -0.0116. The van der Waals surface area contributed by atoms with Crippen molar-refractivity contribution in [1.82, 2.24) is 14.5 Å². The summed E-state index contributed by atoms with van der Waals surface area (Å²) in [5.41, 5.74) is 3.71. The number of thioether (sulfide) groups is 1. The first-order valence-electron chi connectivity index (χ1n) is 10.5. The Balaban J connectivity index is 1.52. The molecule has 4 aromatic rings. The Labute approximate surface area is 188 Å². The van der Waals surface area contributed by atoms with E-state index in [9.17, 15) is 9.59 Å². The van der Waals surface area contributed by atoms with E-state index < -0.39 is 0 Å². The lowest BCUT2D eigenvalue weighted by Crippen LogP contribution is -2.23. The van der Waals surface area contributed by atoms with Gasteiger partial charge in [-0.05, 0) is 44.2 Å². The van der Waals surface area contributed by atoms with Crippen molar-refractivity contribution >= 4 is 50.0 Å². The van der Waals surface area contributed by atoms with Crippen LogP contribution in [0.5, 0.6) is 0 Å². The van der Waals surface area contributed by atoms with Crippen molar-refractivity contribution in [2.75, 3.05) is 5.75 Å². The molecule has 0 atom stereocenters. The molecule has 0 spiro atoms. The van der Waals surface area contributed by atoms with Crippen molar-refractivity contribution in [2.45, 2.75) is 44.3 Å². The number of aryl methyl sites for hydroxylation is 3. The van der Waals surface area contributed by atoms with E-state index in [0.717, 1.165) is 46.1 Å². The van der Waals surface area contributed by atoms with Crippen LogP contribution in [0.2, 0.25) is 0 Å². The summed E-state index contributed by atoms with van der Waals surface area (Å²) in [6.07, 6.45) is 5.97. The summed E-state index contributed by atoms with van der Waals surface area (Å²) in [4.78, 5) is 36.7. The van der Waals surface area contributed by atoms with Crippen molar-refractivity contribution in [2.24, 2.45) is 0 Å². The Kier molecular flexibility index (Phi) is 5.32. The zero-order valence-corrected chi connectivity index (χ0v) is 19.0. The number of hydrogen-bond donors (Lipinski definition) is 1. The standard InChI is InChI=1S/C24H23N3O2S2/c1-3-12-27-23(29)21-16-9-5-7-11-19(16)31-22(21)26-24(27)30-13-18(28)20-14(2)25-17-10-6-4-8-15(17)20/h3-4,6,8,10,25H,1,5,7,9,11-13H2,2H3. The minimum Gasteiger partial charge on any atom is -0.358 e. The summed E-state index contributed by atoms with van der Waals surface area (Å²) in [5, 5.41) is 2.29. The van der Waals surface area contributed by atoms with Crippen LogP contribution in [0, 0.1) is 6.92 Å². The number of H-pyrrole nitrogens is 1. The SMILES string of the molecule is C=CCn1c(SCC(=O)c2c(C)[nH]c3ccccc23)nc2sc3c(c2c1=O)CCCC3. The number of Topliss-reactive ketones (excluding diaryl/α,β-unsaturated/α-hetero) is 1. The quantitative estimate of drug-likeness (QED) is 0.188. The molecular formula is C24H23N3O2S2. The Morgan fingerprint density at radius 2 is 2.13 bits per heavy atom. The zero-order valence-electron chi connectivity index (χ0n) is 17.4. The average molecular weight is 450 g/mol. The molecule has 3 aromatic heterocycles. The van der Waals surface area contributed by atoms with Gasteiger partial charge in [-0.2, -0.15) is 0 Å². The third kappa shape index (κ3) is 3.46. The number of ketones is 1. The van der Waals surface area contributed by atoms with Crippen LogP contribution in [0.25, 0.3) is 21.1 Å². The van der Waals surface area contributed by atoms with Crippen molar-refractivity contribution in [3.05, 3.63) is 69.0 Å². The normalized spacial score (nSPS) is 13.6. The first kappa shape index (κ1) is 20.3. The second kappa shape index (κ2) is 8.13. The van der Waals surface area contributed by atoms with Crippen LogP contribution in [0.3, 0.4) is 0 Å². The summed E-state index contributed by atoms with van der Waals surface area (Å²) in [6.45, 7) is 6.12. The second-order valence-electron chi connectivity index (χ2n) is 7.87. The smallest absolute Gasteiger partial charge is 0.263 e. The highest BCUT2D eigenvalue weighted by Crippen LogP contribution is 2.35. The number of nitrogens with one attached hydrogen (secondary N) is 1. The summed E-state index contributed by atoms with van der Waals surface area (Å²) < 4.78 is 1.66. The maximum atomic E-state index is 13.4. The summed E-state index contributed by atoms with van der Waals surface area (Å²) in [7, 11) is 0. The molecule has 5 nitrogen and oxygen atoms in total. The minimum absolute atomic E-state index is 0.0116. The fourth-order valence-corrected chi connectivity index (χ4v) is 6.64. The first-order chi connectivity index (χ1) is 15.1. The number of allylic oxidation sites excluding steroid dienone is 1. The lowest BCUT2D eigenvalue weighted by Gasteiger charge is -2.12. The van der Waals surface area contributed by atoms with Gasteiger partial charge in [-0.15, -0.1) is 17.9 Å². The predicted molar refractivity (Wildman–Crippen MR) is 129 cm³/mol. The van der Waals surface area contributed by atoms with Crippen LogP contribution in [-0.2, 0) is 19.4 Å². The van der Waals surface area contributed by atoms with Crippen LogP contribution in [-0.4, -0.2) is 26.1 Å². The van der Waals surface area contributed by atoms with Crippen molar-refractivity contribution in [1.29, 1.82) is 0 Å². The molecule has 0 amide bonds. The Morgan fingerprint density at radius 1 is 1.32 bits per heavy atom. The lowest BCUT2D eigenvalue weighted by molar-refractivity contribution is 0.102. The van der Waals surface area contributed by atoms with E-state index in [-0.39, 0.29) is 17.1 Å². The molecule has 7 heteroatoms. The molecule has 3 heterocycles. The molecule has 1 aromatic carbocycles. The van der Waals surface area contributed by atoms with Gasteiger partial charge in [0, 0.05) is 33.6 Å². The third-order valence-corrected chi connectivity index (χ3v) is 8.02. The molecule has 0 saturated heterocycles. The Hall–Kier alpha value is -2.64. The number of para-hydroxylation sites is 1. The maximum absolute atomic E-state index is 13.4. The molecule has 158 valence electrons. The van der Waals surface area contributed by atoms with Crippen LogP contribution < -0.4 is 5.56 Å². The van der Waals surface area contributed by atoms with E-state index in [1.807, 2.05) is 31.2 Å². The molecule has 31 heavy (non-hydrogen) atoms. The molecule has 0 bridgehead atoms. The Bertz CT molecular complexity index is 1390. The number of aromatic amines is 1. The van der Waals surface area contributed by atoms with Gasteiger partial charge in [0.2, 0.25) is 0 Å². The number of carbonyl (C=O) groups is 1. The van der Waals surface area contributed by atoms with Crippen LogP contribution in [0.1, 0.15) is 39.3 Å². The highest BCUT2D eigenvalue weighted by atomic mass is 32.2. The Morgan fingerprint density at radius 3 is 2.97 bits per heavy atom. The van der Waals surface area contributed by atoms with E-state index in [1.54, 1.807) is 22.0 Å². The van der Waals surface area contributed by atoms with Crippen molar-refractivity contribution in [3.8, 4) is 0 Å². The van der Waals surface area contributed by atoms with Crippen LogP contribution in [0.4, 0.5) is 0 Å².